The van der Waals surface area contributed by atoms with E-state index < -0.39 is 228 Å². The zero-order chi connectivity index (χ0) is 89.1. The lowest BCUT2D eigenvalue weighted by Gasteiger charge is -2.40. The fourth-order valence-electron chi connectivity index (χ4n) is 13.4. The molecule has 5 aliphatic rings. The zero-order valence-corrected chi connectivity index (χ0v) is 69.0. The Morgan fingerprint density at radius 1 is 0.322 bits per heavy atom. The predicted molar refractivity (Wildman–Crippen MR) is 419 cm³/mol. The zero-order valence-electron chi connectivity index (χ0n) is 69.0. The number of unbranched alkanes of at least 4 members (excludes halogenated alkanes) is 5. The van der Waals surface area contributed by atoms with Gasteiger partial charge >= 0.3 is 0 Å². The van der Waals surface area contributed by atoms with Crippen LogP contribution in [0.25, 0.3) is 0 Å². The van der Waals surface area contributed by atoms with Gasteiger partial charge in [0.05, 0.1) is 110 Å². The molecule has 5 saturated heterocycles. The fourth-order valence-corrected chi connectivity index (χ4v) is 13.4. The van der Waals surface area contributed by atoms with Crippen LogP contribution in [0.1, 0.15) is 138 Å². The van der Waals surface area contributed by atoms with Crippen molar-refractivity contribution in [3.05, 3.63) is 0 Å². The largest absolute Gasteiger partial charge is 0.394 e. The Morgan fingerprint density at radius 2 is 0.661 bits per heavy atom. The maximum Gasteiger partial charge on any atom is 0.237 e. The Kier molecular flexibility index (Phi) is 53.9. The third-order valence-corrected chi connectivity index (χ3v) is 20.5. The molecule has 45 heteroatoms. The second kappa shape index (κ2) is 59.4. The van der Waals surface area contributed by atoms with Gasteiger partial charge in [-0.15, -0.1) is 0 Å². The summed E-state index contributed by atoms with van der Waals surface area (Å²) in [5.41, 5.74) is 0. The molecule has 45 nitrogen and oxygen atoms in total. The van der Waals surface area contributed by atoms with Gasteiger partial charge in [-0.2, -0.15) is 0 Å². The van der Waals surface area contributed by atoms with Gasteiger partial charge in [-0.25, -0.2) is 0 Å². The molecule has 26 atom stereocenters. The minimum absolute atomic E-state index is 0. The minimum Gasteiger partial charge on any atom is -0.394 e. The summed E-state index contributed by atoms with van der Waals surface area (Å²) in [6.07, 6.45) is -27.2. The van der Waals surface area contributed by atoms with E-state index in [1.807, 2.05) is 13.8 Å². The van der Waals surface area contributed by atoms with Crippen LogP contribution in [0, 0.1) is 5.92 Å². The number of aliphatic hydroxyl groups is 17. The van der Waals surface area contributed by atoms with E-state index in [-0.39, 0.29) is 130 Å². The Bertz CT molecular complexity index is 2870. The van der Waals surface area contributed by atoms with Crippen LogP contribution in [0.15, 0.2) is 0 Å². The Balaban J connectivity index is 0.000000662. The summed E-state index contributed by atoms with van der Waals surface area (Å²) in [4.78, 5) is 118. The second-order valence-corrected chi connectivity index (χ2v) is 30.1. The molecule has 7 amide bonds. The van der Waals surface area contributed by atoms with Crippen LogP contribution in [-0.2, 0) is 90.5 Å². The maximum absolute atomic E-state index is 14.1. The van der Waals surface area contributed by atoms with Crippen LogP contribution in [0.4, 0.5) is 0 Å². The van der Waals surface area contributed by atoms with E-state index in [0.717, 1.165) is 6.42 Å². The summed E-state index contributed by atoms with van der Waals surface area (Å²) in [6.45, 7) is 4.77. The highest BCUT2D eigenvalue weighted by Crippen LogP contribution is 2.29. The summed E-state index contributed by atoms with van der Waals surface area (Å²) in [6, 6.07) is -1.17. The molecule has 0 saturated carbocycles. The van der Waals surface area contributed by atoms with E-state index in [1.54, 1.807) is 13.8 Å². The van der Waals surface area contributed by atoms with Crippen molar-refractivity contribution in [1.29, 1.82) is 0 Å². The van der Waals surface area contributed by atoms with Crippen molar-refractivity contribution in [2.75, 3.05) is 131 Å². The van der Waals surface area contributed by atoms with Gasteiger partial charge in [0, 0.05) is 83.8 Å². The third kappa shape index (κ3) is 38.7. The normalized spacial score (nSPS) is 30.7. The van der Waals surface area contributed by atoms with Gasteiger partial charge in [-0.3, -0.25) is 53.0 Å². The number of carbonyl (C=O) groups is 9. The van der Waals surface area contributed by atoms with Gasteiger partial charge in [0.15, 0.2) is 31.5 Å². The van der Waals surface area contributed by atoms with Crippen LogP contribution >= 0.6 is 0 Å². The molecule has 5 fully saturated rings. The number of nitrogens with zero attached hydrogens (tertiary/aromatic N) is 2. The van der Waals surface area contributed by atoms with Gasteiger partial charge in [-0.1, -0.05) is 33.6 Å². The fraction of sp³-hybridized carbons (Fsp3) is 0.882. The average molecular weight is 1750 g/mol. The van der Waals surface area contributed by atoms with Crippen LogP contribution in [0.2, 0.25) is 0 Å². The summed E-state index contributed by atoms with van der Waals surface area (Å²) in [5, 5.41) is 189. The molecule has 0 spiro atoms. The van der Waals surface area contributed by atoms with Crippen molar-refractivity contribution >= 4 is 52.9 Å². The Hall–Kier alpha value is -5.53. The van der Waals surface area contributed by atoms with Gasteiger partial charge in [0.2, 0.25) is 41.4 Å². The Labute approximate surface area is 704 Å². The molecule has 5 heterocycles. The monoisotopic (exact) mass is 1750 g/mol. The lowest BCUT2D eigenvalue weighted by atomic mass is 9.93. The lowest BCUT2D eigenvalue weighted by Crippen LogP contribution is -2.59. The van der Waals surface area contributed by atoms with Gasteiger partial charge in [0.25, 0.3) is 0 Å². The highest BCUT2D eigenvalue weighted by molar-refractivity contribution is 5.87. The third-order valence-electron chi connectivity index (χ3n) is 20.5. The summed E-state index contributed by atoms with van der Waals surface area (Å²) >= 11 is 0. The number of ether oxygens (including phenoxy) is 10. The summed E-state index contributed by atoms with van der Waals surface area (Å²) in [5.74, 6) is -3.80. The van der Waals surface area contributed by atoms with E-state index in [4.69, 9.17) is 47.4 Å². The van der Waals surface area contributed by atoms with Crippen LogP contribution in [0.5, 0.6) is 0 Å². The molecule has 121 heavy (non-hydrogen) atoms. The molecule has 4 unspecified atom stereocenters. The van der Waals surface area contributed by atoms with Crippen LogP contribution < -0.4 is 37.2 Å². The second-order valence-electron chi connectivity index (χ2n) is 30.1. The molecule has 0 aromatic rings. The van der Waals surface area contributed by atoms with Crippen molar-refractivity contribution in [3.63, 3.8) is 0 Å². The lowest BCUT2D eigenvalue weighted by molar-refractivity contribution is -0.301. The maximum atomic E-state index is 14.1. The van der Waals surface area contributed by atoms with E-state index >= 15 is 0 Å². The Morgan fingerprint density at radius 3 is 1.10 bits per heavy atom. The first-order valence-corrected chi connectivity index (χ1v) is 41.2. The summed E-state index contributed by atoms with van der Waals surface area (Å²) in [7, 11) is 0. The van der Waals surface area contributed by atoms with E-state index in [9.17, 15) is 130 Å². The highest BCUT2D eigenvalue weighted by Gasteiger charge is 2.48. The average Bonchev–Trinajstić information content (AvgIpc) is 0.870. The van der Waals surface area contributed by atoms with Crippen molar-refractivity contribution in [2.45, 2.75) is 292 Å². The van der Waals surface area contributed by atoms with Crippen molar-refractivity contribution in [3.8, 4) is 0 Å². The number of nitrogens with one attached hydrogen (secondary N) is 7. The van der Waals surface area contributed by atoms with Gasteiger partial charge in [0.1, 0.15) is 109 Å². The predicted octanol–water partition coefficient (Wildman–Crippen LogP) is -10.2. The van der Waals surface area contributed by atoms with Crippen LogP contribution in [-0.4, -0.2) is 434 Å². The number of aliphatic hydroxyl groups excluding tert-OH is 17. The molecule has 5 aliphatic heterocycles. The number of carbonyl (C=O) groups excluding carboxylic acids is 9. The number of hydrogen-bond acceptors (Lipinski definition) is 38. The summed E-state index contributed by atoms with van der Waals surface area (Å²) < 4.78 is 54.5. The SMILES string of the molecule is C.CCNC(=O)CCCCC(=O)CCCCC[C@@H](C(=O)NCCOC1O[C@H](CO)[C@@H](O)[C@H](O)[C@@H]1O)N(CC(=O)CCCOC1OC(CO)[C@@H](O)[C@H](O)[C@@H]1O)CC(=O)NCCOC1O[C@H](CO)[C@@H](O)[C@H](O)[C@@H]1O.CCNC(=O)CCCCCNC(=O)CN(CC(=O)NCCO[C@@H]1O[C@@H](C)[C@@H](O)[C@@H](O)[C@@H]1C)CC(=O)NCCO[C@@H]1O[C@@H](C)[C@@H](O)[C@@H](O)[C@@H]1O. The van der Waals surface area contributed by atoms with Crippen molar-refractivity contribution in [1.82, 2.24) is 47.0 Å². The molecular formula is C76H139N9O36. The van der Waals surface area contributed by atoms with E-state index in [2.05, 4.69) is 37.2 Å². The first-order valence-electron chi connectivity index (χ1n) is 41.2. The number of Topliss-reactive ketones (excluding diaryl/α,β-unsaturated/α-hetero) is 2. The molecule has 0 bridgehead atoms. The smallest absolute Gasteiger partial charge is 0.237 e. The molecule has 0 aromatic carbocycles. The molecule has 0 aliphatic carbocycles. The van der Waals surface area contributed by atoms with E-state index in [1.165, 1.54) is 16.7 Å². The number of hydrogen-bond donors (Lipinski definition) is 24. The standard InChI is InChI=1S/C44H78N4O23.C31H57N5O13.CH4/c1-2-45-30(54)13-7-6-10-24(52)9-4-3-5-12-26(41(65)47-15-18-68-44-40(64)37(61)34(58)29(23-51)71-44)48(19-25(53)11-8-16-66-42-38(62)35(59)32(56)27(21-49)69-42)20-31(55)46-14-17-67-43-39(63)36(60)33(57)28(22-50)70-43;1-5-32-21(37)9-7-6-8-10-33-22(38)15-36(16-23(39)34-11-13-46-30-18(2)25(41)26(42)19(3)48-30)17-24(40)35-12-14-47-31-29(45)28(44)27(43)20(4)49-31;/h26-29,32-40,42-44,49-51,56-64H,2-23H2,1H3,(H,45,54)(H,46,55)(H,47,65);18-20,25-31,41-45H,5-17H2,1-4H3,(H,32,37)(H,33,38)(H,34,39)(H,35,40);1H4/t26-,27?,28+,29+,32+,33+,34+,35-,36-,37-,38-,39-,40-,42?,43?,44?;18-,19-,20-,25-,26+,27+,28+,29-,30+,31+;/m00./s1. The topological polar surface area (TPSA) is 681 Å². The molecule has 0 aromatic heterocycles. The van der Waals surface area contributed by atoms with Crippen molar-refractivity contribution < 1.29 is 177 Å². The quantitative estimate of drug-likeness (QED) is 0.0251. The molecule has 0 radical (unpaired) electrons. The first-order chi connectivity index (χ1) is 57.1. The van der Waals surface area contributed by atoms with E-state index in [0.29, 0.717) is 83.8 Å². The molecule has 24 N–H and O–H groups in total. The number of ketones is 2. The number of rotatable bonds is 55. The van der Waals surface area contributed by atoms with Crippen LogP contribution in [0.3, 0.4) is 0 Å². The van der Waals surface area contributed by atoms with Gasteiger partial charge in [-0.05, 0) is 72.6 Å². The number of amides is 7. The molecule has 5 rings (SSSR count). The molecular weight excluding hydrogens is 1610 g/mol. The first kappa shape index (κ1) is 110. The van der Waals surface area contributed by atoms with Gasteiger partial charge < -0.3 is 171 Å². The highest BCUT2D eigenvalue weighted by atomic mass is 16.7. The molecule has 704 valence electrons. The minimum atomic E-state index is -1.71. The van der Waals surface area contributed by atoms with Crippen molar-refractivity contribution in [2.24, 2.45) is 5.92 Å².